The maximum absolute atomic E-state index is 11.7. The third-order valence-corrected chi connectivity index (χ3v) is 3.87. The summed E-state index contributed by atoms with van der Waals surface area (Å²) in [7, 11) is 0. The van der Waals surface area contributed by atoms with Gasteiger partial charge >= 0.3 is 0 Å². The molecule has 6 heteroatoms. The lowest BCUT2D eigenvalue weighted by Gasteiger charge is -2.22. The molecular formula is C13H21N3O2S. The summed E-state index contributed by atoms with van der Waals surface area (Å²) in [5.41, 5.74) is 0.516. The van der Waals surface area contributed by atoms with Gasteiger partial charge in [-0.25, -0.2) is 4.98 Å². The number of rotatable bonds is 6. The fraction of sp³-hybridized carbons (Fsp3) is 0.692. The van der Waals surface area contributed by atoms with Crippen LogP contribution in [0.25, 0.3) is 0 Å². The molecule has 0 bridgehead atoms. The highest BCUT2D eigenvalue weighted by Gasteiger charge is 2.13. The van der Waals surface area contributed by atoms with Gasteiger partial charge in [-0.3, -0.25) is 4.79 Å². The van der Waals surface area contributed by atoms with Crippen molar-refractivity contribution in [3.8, 4) is 0 Å². The van der Waals surface area contributed by atoms with Gasteiger partial charge in [0.2, 0.25) is 0 Å². The van der Waals surface area contributed by atoms with Crippen molar-refractivity contribution < 1.29 is 9.53 Å². The number of nitrogens with one attached hydrogen (secondary N) is 2. The lowest BCUT2D eigenvalue weighted by molar-refractivity contribution is 0.0317. The maximum Gasteiger partial charge on any atom is 0.270 e. The largest absolute Gasteiger partial charge is 0.378 e. The van der Waals surface area contributed by atoms with E-state index >= 15 is 0 Å². The van der Waals surface area contributed by atoms with Crippen LogP contribution in [0.15, 0.2) is 5.38 Å². The second-order valence-electron chi connectivity index (χ2n) is 4.68. The minimum absolute atomic E-state index is 0.0915. The average Bonchev–Trinajstić information content (AvgIpc) is 2.86. The van der Waals surface area contributed by atoms with Crippen LogP contribution in [0.5, 0.6) is 0 Å². The molecule has 1 aliphatic heterocycles. The van der Waals surface area contributed by atoms with Gasteiger partial charge < -0.3 is 15.4 Å². The summed E-state index contributed by atoms with van der Waals surface area (Å²) in [5.74, 6) is -0.0915. The molecule has 1 amide bonds. The molecule has 0 aromatic carbocycles. The Kier molecular flexibility index (Phi) is 5.75. The first-order chi connectivity index (χ1) is 9.25. The van der Waals surface area contributed by atoms with E-state index < -0.39 is 0 Å². The highest BCUT2D eigenvalue weighted by molar-refractivity contribution is 7.09. The summed E-state index contributed by atoms with van der Waals surface area (Å²) in [4.78, 5) is 15.9. The molecule has 1 aliphatic rings. The maximum atomic E-state index is 11.7. The zero-order valence-electron chi connectivity index (χ0n) is 11.3. The van der Waals surface area contributed by atoms with Gasteiger partial charge in [-0.2, -0.15) is 0 Å². The number of amides is 1. The molecule has 0 unspecified atom stereocenters. The lowest BCUT2D eigenvalue weighted by atomic mass is 10.1. The molecule has 106 valence electrons. The van der Waals surface area contributed by atoms with Crippen molar-refractivity contribution in [3.05, 3.63) is 16.1 Å². The van der Waals surface area contributed by atoms with Crippen LogP contribution in [0, 0.1) is 6.92 Å². The monoisotopic (exact) mass is 283 g/mol. The number of hydrogen-bond donors (Lipinski definition) is 2. The third kappa shape index (κ3) is 4.89. The second kappa shape index (κ2) is 7.57. The molecule has 1 saturated heterocycles. The molecule has 0 radical (unpaired) electrons. The Balaban J connectivity index is 1.55. The van der Waals surface area contributed by atoms with E-state index in [4.69, 9.17) is 4.74 Å². The van der Waals surface area contributed by atoms with Crippen molar-refractivity contribution in [3.63, 3.8) is 0 Å². The van der Waals surface area contributed by atoms with Crippen molar-refractivity contribution >= 4 is 17.2 Å². The van der Waals surface area contributed by atoms with Gasteiger partial charge in [0.25, 0.3) is 5.91 Å². The van der Waals surface area contributed by atoms with Crippen LogP contribution in [0.1, 0.15) is 34.8 Å². The molecule has 5 nitrogen and oxygen atoms in total. The van der Waals surface area contributed by atoms with E-state index in [1.165, 1.54) is 11.3 Å². The molecule has 2 N–H and O–H groups in total. The summed E-state index contributed by atoms with van der Waals surface area (Å²) in [6, 6.07) is 0. The quantitative estimate of drug-likeness (QED) is 0.773. The van der Waals surface area contributed by atoms with Crippen LogP contribution < -0.4 is 10.6 Å². The zero-order chi connectivity index (χ0) is 13.5. The van der Waals surface area contributed by atoms with Crippen molar-refractivity contribution in [1.82, 2.24) is 15.6 Å². The Hall–Kier alpha value is -0.980. The Morgan fingerprint density at radius 3 is 3.05 bits per heavy atom. The number of nitrogens with zero attached hydrogens (tertiary/aromatic N) is 1. The third-order valence-electron chi connectivity index (χ3n) is 3.10. The smallest absolute Gasteiger partial charge is 0.270 e. The molecule has 0 atom stereocenters. The fourth-order valence-corrected chi connectivity index (χ4v) is 2.64. The van der Waals surface area contributed by atoms with Crippen molar-refractivity contribution in [2.45, 2.75) is 32.3 Å². The number of thiazole rings is 1. The summed E-state index contributed by atoms with van der Waals surface area (Å²) in [5, 5.41) is 8.88. The van der Waals surface area contributed by atoms with Crippen molar-refractivity contribution in [2.75, 3.05) is 26.2 Å². The molecule has 0 saturated carbocycles. The predicted molar refractivity (Wildman–Crippen MR) is 75.6 cm³/mol. The van der Waals surface area contributed by atoms with Crippen LogP contribution in [-0.2, 0) is 4.74 Å². The number of aryl methyl sites for hydroxylation is 1. The zero-order valence-corrected chi connectivity index (χ0v) is 12.1. The minimum atomic E-state index is -0.0915. The van der Waals surface area contributed by atoms with Gasteiger partial charge in [-0.05, 0) is 39.3 Å². The van der Waals surface area contributed by atoms with Gasteiger partial charge in [-0.1, -0.05) is 0 Å². The van der Waals surface area contributed by atoms with E-state index in [2.05, 4.69) is 15.6 Å². The normalized spacial score (nSPS) is 16.5. The molecule has 2 rings (SSSR count). The molecule has 0 aliphatic carbocycles. The number of carbonyl (C=O) groups is 1. The first kappa shape index (κ1) is 14.4. The van der Waals surface area contributed by atoms with Gasteiger partial charge in [0.1, 0.15) is 5.69 Å². The Morgan fingerprint density at radius 2 is 2.37 bits per heavy atom. The standard InChI is InChI=1S/C13H21N3O2S/c1-10-16-12(9-19-10)13(17)15-5-2-8-18-11-3-6-14-7-4-11/h9,11,14H,2-8H2,1H3,(H,15,17). The number of carbonyl (C=O) groups excluding carboxylic acids is 1. The van der Waals surface area contributed by atoms with Crippen LogP contribution in [0.3, 0.4) is 0 Å². The van der Waals surface area contributed by atoms with Crippen LogP contribution in [0.4, 0.5) is 0 Å². The van der Waals surface area contributed by atoms with Crippen molar-refractivity contribution in [1.29, 1.82) is 0 Å². The summed E-state index contributed by atoms with van der Waals surface area (Å²) < 4.78 is 5.77. The second-order valence-corrected chi connectivity index (χ2v) is 5.74. The van der Waals surface area contributed by atoms with Gasteiger partial charge in [0, 0.05) is 18.5 Å². The molecule has 1 aromatic heterocycles. The van der Waals surface area contributed by atoms with Crippen LogP contribution in [0.2, 0.25) is 0 Å². The summed E-state index contributed by atoms with van der Waals surface area (Å²) in [6.07, 6.45) is 3.41. The first-order valence-electron chi connectivity index (χ1n) is 6.78. The lowest BCUT2D eigenvalue weighted by Crippen LogP contribution is -2.33. The summed E-state index contributed by atoms with van der Waals surface area (Å²) >= 11 is 1.49. The first-order valence-corrected chi connectivity index (χ1v) is 7.66. The predicted octanol–water partition coefficient (Wildman–Crippen LogP) is 1.34. The molecule has 1 fully saturated rings. The van der Waals surface area contributed by atoms with Gasteiger partial charge in [0.05, 0.1) is 11.1 Å². The van der Waals surface area contributed by atoms with Gasteiger partial charge in [-0.15, -0.1) is 11.3 Å². The Morgan fingerprint density at radius 1 is 1.58 bits per heavy atom. The van der Waals surface area contributed by atoms with E-state index in [1.807, 2.05) is 6.92 Å². The summed E-state index contributed by atoms with van der Waals surface area (Å²) in [6.45, 7) is 5.34. The Labute approximate surface area is 117 Å². The number of ether oxygens (including phenoxy) is 1. The average molecular weight is 283 g/mol. The number of aromatic nitrogens is 1. The number of hydrogen-bond acceptors (Lipinski definition) is 5. The van der Waals surface area contributed by atoms with E-state index in [0.717, 1.165) is 37.4 Å². The minimum Gasteiger partial charge on any atom is -0.378 e. The van der Waals surface area contributed by atoms with Crippen LogP contribution in [-0.4, -0.2) is 43.2 Å². The van der Waals surface area contributed by atoms with Crippen LogP contribution >= 0.6 is 11.3 Å². The molecule has 2 heterocycles. The topological polar surface area (TPSA) is 63.2 Å². The van der Waals surface area contributed by atoms with Crippen molar-refractivity contribution in [2.24, 2.45) is 0 Å². The van der Waals surface area contributed by atoms with E-state index in [-0.39, 0.29) is 5.91 Å². The van der Waals surface area contributed by atoms with Gasteiger partial charge in [0.15, 0.2) is 0 Å². The Bertz CT molecular complexity index is 402. The number of piperidine rings is 1. The van der Waals surface area contributed by atoms with E-state index in [1.54, 1.807) is 5.38 Å². The molecular weight excluding hydrogens is 262 g/mol. The SMILES string of the molecule is Cc1nc(C(=O)NCCCOC2CCNCC2)cs1. The van der Waals surface area contributed by atoms with E-state index in [9.17, 15) is 4.79 Å². The van der Waals surface area contributed by atoms with E-state index in [0.29, 0.717) is 24.9 Å². The fourth-order valence-electron chi connectivity index (χ4n) is 2.04. The highest BCUT2D eigenvalue weighted by Crippen LogP contribution is 2.08. The molecule has 19 heavy (non-hydrogen) atoms. The molecule has 1 aromatic rings. The molecule has 0 spiro atoms. The highest BCUT2D eigenvalue weighted by atomic mass is 32.1.